The molecule has 0 saturated carbocycles. The van der Waals surface area contributed by atoms with E-state index in [0.29, 0.717) is 11.0 Å². The minimum Gasteiger partial charge on any atom is -0.334 e. The summed E-state index contributed by atoms with van der Waals surface area (Å²) in [7, 11) is 3.50. The summed E-state index contributed by atoms with van der Waals surface area (Å²) >= 11 is 3.38. The lowest BCUT2D eigenvalue weighted by molar-refractivity contribution is 0.0657. The van der Waals surface area contributed by atoms with Crippen molar-refractivity contribution < 1.29 is 4.79 Å². The van der Waals surface area contributed by atoms with E-state index < -0.39 is 0 Å². The largest absolute Gasteiger partial charge is 0.334 e. The van der Waals surface area contributed by atoms with Crippen LogP contribution in [0.4, 0.5) is 0 Å². The van der Waals surface area contributed by atoms with Gasteiger partial charge in [0, 0.05) is 25.0 Å². The first kappa shape index (κ1) is 12.2. The maximum Gasteiger partial charge on any atom is 0.276 e. The Kier molecular flexibility index (Phi) is 3.49. The number of alkyl halides is 1. The maximum absolute atomic E-state index is 12.0. The van der Waals surface area contributed by atoms with E-state index in [-0.39, 0.29) is 11.4 Å². The molecule has 0 fully saturated rings. The minimum atomic E-state index is -0.241. The van der Waals surface area contributed by atoms with Crippen molar-refractivity contribution in [3.8, 4) is 0 Å². The van der Waals surface area contributed by atoms with E-state index in [1.165, 1.54) is 4.68 Å². The molecule has 0 unspecified atom stereocenters. The monoisotopic (exact) mass is 274 g/mol. The van der Waals surface area contributed by atoms with Gasteiger partial charge in [0.1, 0.15) is 0 Å². The van der Waals surface area contributed by atoms with Gasteiger partial charge in [0.2, 0.25) is 0 Å². The molecule has 5 nitrogen and oxygen atoms in total. The standard InChI is InChI=1S/C9H15BrN4O/c1-9(2,6-10)14(4)8(15)7-5-13(3)12-11-7/h5H,6H2,1-4H3. The van der Waals surface area contributed by atoms with Gasteiger partial charge in [0.15, 0.2) is 5.69 Å². The number of aryl methyl sites for hydroxylation is 1. The van der Waals surface area contributed by atoms with Crippen LogP contribution in [0.5, 0.6) is 0 Å². The van der Waals surface area contributed by atoms with Crippen LogP contribution in [-0.2, 0) is 7.05 Å². The van der Waals surface area contributed by atoms with Crippen LogP contribution in [0.3, 0.4) is 0 Å². The van der Waals surface area contributed by atoms with E-state index in [9.17, 15) is 4.79 Å². The number of carbonyl (C=O) groups excluding carboxylic acids is 1. The van der Waals surface area contributed by atoms with Gasteiger partial charge in [0.25, 0.3) is 5.91 Å². The van der Waals surface area contributed by atoms with Crippen LogP contribution in [0.1, 0.15) is 24.3 Å². The number of hydrogen-bond donors (Lipinski definition) is 0. The van der Waals surface area contributed by atoms with Gasteiger partial charge in [-0.25, -0.2) is 0 Å². The van der Waals surface area contributed by atoms with Gasteiger partial charge in [-0.2, -0.15) is 0 Å². The second-order valence-corrected chi connectivity index (χ2v) is 4.65. The Morgan fingerprint density at radius 2 is 2.27 bits per heavy atom. The topological polar surface area (TPSA) is 51.0 Å². The number of hydrogen-bond acceptors (Lipinski definition) is 3. The molecule has 1 heterocycles. The van der Waals surface area contributed by atoms with E-state index >= 15 is 0 Å². The normalized spacial score (nSPS) is 11.5. The second kappa shape index (κ2) is 4.30. The molecule has 84 valence electrons. The van der Waals surface area contributed by atoms with Gasteiger partial charge in [-0.3, -0.25) is 9.48 Å². The van der Waals surface area contributed by atoms with Crippen LogP contribution in [0.15, 0.2) is 6.20 Å². The molecule has 15 heavy (non-hydrogen) atoms. The molecule has 0 spiro atoms. The van der Waals surface area contributed by atoms with E-state index in [1.807, 2.05) is 13.8 Å². The summed E-state index contributed by atoms with van der Waals surface area (Å²) in [6, 6.07) is 0. The van der Waals surface area contributed by atoms with E-state index in [2.05, 4.69) is 26.2 Å². The molecular formula is C9H15BrN4O. The average molecular weight is 275 g/mol. The number of rotatable bonds is 3. The van der Waals surface area contributed by atoms with Gasteiger partial charge in [-0.15, -0.1) is 5.10 Å². The Morgan fingerprint density at radius 1 is 1.67 bits per heavy atom. The first-order valence-corrected chi connectivity index (χ1v) is 5.71. The van der Waals surface area contributed by atoms with Crippen molar-refractivity contribution in [3.05, 3.63) is 11.9 Å². The lowest BCUT2D eigenvalue weighted by atomic mass is 10.1. The lowest BCUT2D eigenvalue weighted by Crippen LogP contribution is -2.46. The van der Waals surface area contributed by atoms with Gasteiger partial charge in [0.05, 0.1) is 6.20 Å². The Labute approximate surface area is 97.6 Å². The molecule has 0 saturated heterocycles. The summed E-state index contributed by atoms with van der Waals surface area (Å²) in [5.41, 5.74) is 0.128. The minimum absolute atomic E-state index is 0.118. The second-order valence-electron chi connectivity index (χ2n) is 4.09. The Hall–Kier alpha value is -0.910. The van der Waals surface area contributed by atoms with Crippen molar-refractivity contribution in [1.29, 1.82) is 0 Å². The number of aromatic nitrogens is 3. The van der Waals surface area contributed by atoms with Gasteiger partial charge in [-0.1, -0.05) is 21.1 Å². The average Bonchev–Trinajstić information content (AvgIpc) is 2.62. The molecule has 6 heteroatoms. The molecule has 0 aliphatic carbocycles. The van der Waals surface area contributed by atoms with Gasteiger partial charge < -0.3 is 4.90 Å². The molecule has 0 aliphatic rings. The Balaban J connectivity index is 2.86. The third-order valence-electron chi connectivity index (χ3n) is 2.36. The van der Waals surface area contributed by atoms with E-state index in [0.717, 1.165) is 0 Å². The molecule has 0 aliphatic heterocycles. The zero-order valence-electron chi connectivity index (χ0n) is 9.36. The smallest absolute Gasteiger partial charge is 0.276 e. The highest BCUT2D eigenvalue weighted by molar-refractivity contribution is 9.09. The highest BCUT2D eigenvalue weighted by Gasteiger charge is 2.28. The zero-order chi connectivity index (χ0) is 11.6. The van der Waals surface area contributed by atoms with Gasteiger partial charge in [-0.05, 0) is 13.8 Å². The summed E-state index contributed by atoms with van der Waals surface area (Å²) in [5, 5.41) is 8.24. The van der Waals surface area contributed by atoms with Crippen molar-refractivity contribution in [3.63, 3.8) is 0 Å². The van der Waals surface area contributed by atoms with E-state index in [1.54, 1.807) is 25.2 Å². The molecule has 1 aromatic heterocycles. The van der Waals surface area contributed by atoms with Gasteiger partial charge >= 0.3 is 0 Å². The SMILES string of the molecule is CN(C(=O)c1cn(C)nn1)C(C)(C)CBr. The summed E-state index contributed by atoms with van der Waals surface area (Å²) in [6.07, 6.45) is 1.61. The van der Waals surface area contributed by atoms with Crippen molar-refractivity contribution in [2.75, 3.05) is 12.4 Å². The molecule has 0 N–H and O–H groups in total. The number of halogens is 1. The molecule has 1 rings (SSSR count). The fraction of sp³-hybridized carbons (Fsp3) is 0.667. The van der Waals surface area contributed by atoms with Crippen molar-refractivity contribution in [1.82, 2.24) is 19.9 Å². The third kappa shape index (κ3) is 2.56. The molecule has 1 aromatic rings. The third-order valence-corrected chi connectivity index (χ3v) is 3.73. The molecule has 0 bridgehead atoms. The Bertz CT molecular complexity index is 361. The van der Waals surface area contributed by atoms with Crippen LogP contribution in [-0.4, -0.2) is 43.7 Å². The van der Waals surface area contributed by atoms with Crippen LogP contribution < -0.4 is 0 Å². The fourth-order valence-electron chi connectivity index (χ4n) is 0.982. The molecule has 0 atom stereocenters. The number of nitrogens with zero attached hydrogens (tertiary/aromatic N) is 4. The summed E-state index contributed by atoms with van der Waals surface area (Å²) in [5.74, 6) is -0.118. The summed E-state index contributed by atoms with van der Waals surface area (Å²) in [6.45, 7) is 3.96. The van der Waals surface area contributed by atoms with Crippen LogP contribution in [0.25, 0.3) is 0 Å². The summed E-state index contributed by atoms with van der Waals surface area (Å²) in [4.78, 5) is 13.6. The van der Waals surface area contributed by atoms with Crippen LogP contribution in [0, 0.1) is 0 Å². The Morgan fingerprint density at radius 3 is 2.67 bits per heavy atom. The highest BCUT2D eigenvalue weighted by Crippen LogP contribution is 2.17. The number of carbonyl (C=O) groups is 1. The molecule has 0 radical (unpaired) electrons. The highest BCUT2D eigenvalue weighted by atomic mass is 79.9. The van der Waals surface area contributed by atoms with Crippen LogP contribution >= 0.6 is 15.9 Å². The van der Waals surface area contributed by atoms with Crippen LogP contribution in [0.2, 0.25) is 0 Å². The molecular weight excluding hydrogens is 260 g/mol. The lowest BCUT2D eigenvalue weighted by Gasteiger charge is -2.33. The van der Waals surface area contributed by atoms with Crippen molar-refractivity contribution >= 4 is 21.8 Å². The number of amides is 1. The maximum atomic E-state index is 12.0. The molecule has 0 aromatic carbocycles. The first-order chi connectivity index (χ1) is 6.88. The summed E-state index contributed by atoms with van der Waals surface area (Å²) < 4.78 is 1.52. The zero-order valence-corrected chi connectivity index (χ0v) is 10.9. The fourth-order valence-corrected chi connectivity index (χ4v) is 1.36. The first-order valence-electron chi connectivity index (χ1n) is 4.59. The molecule has 1 amide bonds. The van der Waals surface area contributed by atoms with E-state index in [4.69, 9.17) is 0 Å². The quantitative estimate of drug-likeness (QED) is 0.775. The predicted octanol–water partition coefficient (Wildman–Crippen LogP) is 1.06. The van der Waals surface area contributed by atoms with Crippen molar-refractivity contribution in [2.24, 2.45) is 7.05 Å². The van der Waals surface area contributed by atoms with Crippen molar-refractivity contribution in [2.45, 2.75) is 19.4 Å². The predicted molar refractivity (Wildman–Crippen MR) is 61.0 cm³/mol.